The lowest BCUT2D eigenvalue weighted by molar-refractivity contribution is -0.133. The molecule has 1 saturated carbocycles. The molecule has 0 aromatic rings. The standard InChI is InChI=1S/C15H29N3O/c1-4-8-13-16-15(9-6-7-10-15)14(19)18(13)12-11-17(3)5-2/h13,16H,4-12H2,1-3H3. The van der Waals surface area contributed by atoms with Crippen LogP contribution in [0.1, 0.15) is 52.4 Å². The molecule has 2 fully saturated rings. The van der Waals surface area contributed by atoms with Crippen molar-refractivity contribution in [1.29, 1.82) is 0 Å². The van der Waals surface area contributed by atoms with E-state index in [2.05, 4.69) is 36.0 Å². The maximum absolute atomic E-state index is 12.8. The summed E-state index contributed by atoms with van der Waals surface area (Å²) in [6.45, 7) is 7.23. The van der Waals surface area contributed by atoms with Crippen molar-refractivity contribution in [3.05, 3.63) is 0 Å². The monoisotopic (exact) mass is 267 g/mol. The normalized spacial score (nSPS) is 26.0. The van der Waals surface area contributed by atoms with E-state index in [1.54, 1.807) is 0 Å². The molecular weight excluding hydrogens is 238 g/mol. The molecule has 1 aliphatic carbocycles. The Morgan fingerprint density at radius 2 is 2.05 bits per heavy atom. The Balaban J connectivity index is 2.03. The molecule has 1 unspecified atom stereocenters. The van der Waals surface area contributed by atoms with Gasteiger partial charge in [-0.2, -0.15) is 0 Å². The lowest BCUT2D eigenvalue weighted by Gasteiger charge is -2.26. The van der Waals surface area contributed by atoms with E-state index in [1.165, 1.54) is 12.8 Å². The van der Waals surface area contributed by atoms with Crippen LogP contribution in [0.25, 0.3) is 0 Å². The van der Waals surface area contributed by atoms with Crippen LogP contribution >= 0.6 is 0 Å². The molecular formula is C15H29N3O. The summed E-state index contributed by atoms with van der Waals surface area (Å²) in [6.07, 6.45) is 6.92. The summed E-state index contributed by atoms with van der Waals surface area (Å²) in [5.74, 6) is 0.368. The zero-order valence-corrected chi connectivity index (χ0v) is 12.7. The van der Waals surface area contributed by atoms with Crippen LogP contribution in [0.2, 0.25) is 0 Å². The highest BCUT2D eigenvalue weighted by Gasteiger charge is 2.51. The fraction of sp³-hybridized carbons (Fsp3) is 0.933. The third kappa shape index (κ3) is 2.95. The number of nitrogens with zero attached hydrogens (tertiary/aromatic N) is 2. The van der Waals surface area contributed by atoms with Crippen LogP contribution in [0.3, 0.4) is 0 Å². The number of carbonyl (C=O) groups is 1. The van der Waals surface area contributed by atoms with Crippen LogP contribution in [0.5, 0.6) is 0 Å². The molecule has 1 heterocycles. The smallest absolute Gasteiger partial charge is 0.244 e. The molecule has 4 heteroatoms. The van der Waals surface area contributed by atoms with Gasteiger partial charge < -0.3 is 9.80 Å². The van der Waals surface area contributed by atoms with E-state index in [1.807, 2.05) is 0 Å². The number of hydrogen-bond donors (Lipinski definition) is 1. The van der Waals surface area contributed by atoms with Crippen molar-refractivity contribution >= 4 is 5.91 Å². The third-order valence-corrected chi connectivity index (χ3v) is 4.77. The lowest BCUT2D eigenvalue weighted by Crippen LogP contribution is -2.44. The number of carbonyl (C=O) groups excluding carboxylic acids is 1. The van der Waals surface area contributed by atoms with Gasteiger partial charge in [0.15, 0.2) is 0 Å². The number of rotatable bonds is 6. The second kappa shape index (κ2) is 6.23. The Labute approximate surface area is 117 Å². The summed E-state index contributed by atoms with van der Waals surface area (Å²) in [4.78, 5) is 17.1. The molecule has 4 nitrogen and oxygen atoms in total. The predicted octanol–water partition coefficient (Wildman–Crippen LogP) is 1.81. The molecule has 1 amide bonds. The highest BCUT2D eigenvalue weighted by Crippen LogP contribution is 2.37. The Morgan fingerprint density at radius 3 is 2.63 bits per heavy atom. The van der Waals surface area contributed by atoms with Gasteiger partial charge in [0.05, 0.1) is 11.7 Å². The van der Waals surface area contributed by atoms with Crippen LogP contribution in [0.15, 0.2) is 0 Å². The highest BCUT2D eigenvalue weighted by molar-refractivity contribution is 5.89. The molecule has 1 spiro atoms. The van der Waals surface area contributed by atoms with Gasteiger partial charge in [0.25, 0.3) is 0 Å². The molecule has 19 heavy (non-hydrogen) atoms. The molecule has 110 valence electrons. The Kier molecular flexibility index (Phi) is 4.85. The Hall–Kier alpha value is -0.610. The molecule has 1 atom stereocenters. The van der Waals surface area contributed by atoms with Crippen LogP contribution < -0.4 is 5.32 Å². The minimum atomic E-state index is -0.204. The van der Waals surface area contributed by atoms with Gasteiger partial charge in [0.2, 0.25) is 5.91 Å². The van der Waals surface area contributed by atoms with Gasteiger partial charge >= 0.3 is 0 Å². The first-order chi connectivity index (χ1) is 9.13. The molecule has 2 rings (SSSR count). The largest absolute Gasteiger partial charge is 0.324 e. The summed E-state index contributed by atoms with van der Waals surface area (Å²) < 4.78 is 0. The molecule has 1 saturated heterocycles. The van der Waals surface area contributed by atoms with E-state index in [0.717, 1.165) is 45.3 Å². The average Bonchev–Trinajstić information content (AvgIpc) is 2.96. The summed E-state index contributed by atoms with van der Waals surface area (Å²) in [5.41, 5.74) is -0.204. The van der Waals surface area contributed by atoms with Gasteiger partial charge in [-0.25, -0.2) is 0 Å². The first-order valence-corrected chi connectivity index (χ1v) is 7.90. The lowest BCUT2D eigenvalue weighted by atomic mass is 9.98. The van der Waals surface area contributed by atoms with Gasteiger partial charge in [-0.3, -0.25) is 10.1 Å². The molecule has 0 aromatic heterocycles. The van der Waals surface area contributed by atoms with E-state index in [4.69, 9.17) is 0 Å². The number of amides is 1. The van der Waals surface area contributed by atoms with Crippen LogP contribution in [-0.4, -0.2) is 54.1 Å². The minimum Gasteiger partial charge on any atom is -0.324 e. The average molecular weight is 267 g/mol. The third-order valence-electron chi connectivity index (χ3n) is 4.77. The first kappa shape index (κ1) is 14.8. The maximum atomic E-state index is 12.8. The quantitative estimate of drug-likeness (QED) is 0.797. The van der Waals surface area contributed by atoms with Crippen molar-refractivity contribution in [2.75, 3.05) is 26.7 Å². The summed E-state index contributed by atoms with van der Waals surface area (Å²) >= 11 is 0. The molecule has 0 radical (unpaired) electrons. The van der Waals surface area contributed by atoms with Gasteiger partial charge in [-0.05, 0) is 32.9 Å². The summed E-state index contributed by atoms with van der Waals surface area (Å²) in [7, 11) is 2.12. The van der Waals surface area contributed by atoms with Gasteiger partial charge in [0, 0.05) is 13.1 Å². The van der Waals surface area contributed by atoms with Crippen LogP contribution in [0.4, 0.5) is 0 Å². The van der Waals surface area contributed by atoms with Crippen LogP contribution in [-0.2, 0) is 4.79 Å². The molecule has 2 aliphatic rings. The Morgan fingerprint density at radius 1 is 1.37 bits per heavy atom. The fourth-order valence-corrected chi connectivity index (χ4v) is 3.41. The predicted molar refractivity (Wildman–Crippen MR) is 77.9 cm³/mol. The summed E-state index contributed by atoms with van der Waals surface area (Å²) in [6, 6.07) is 0. The van der Waals surface area contributed by atoms with E-state index in [0.29, 0.717) is 5.91 Å². The number of hydrogen-bond acceptors (Lipinski definition) is 3. The zero-order valence-electron chi connectivity index (χ0n) is 12.7. The fourth-order valence-electron chi connectivity index (χ4n) is 3.41. The van der Waals surface area contributed by atoms with Crippen molar-refractivity contribution in [2.45, 2.75) is 64.1 Å². The topological polar surface area (TPSA) is 35.6 Å². The van der Waals surface area contributed by atoms with Crippen molar-refractivity contribution in [3.63, 3.8) is 0 Å². The second-order valence-corrected chi connectivity index (χ2v) is 6.13. The van der Waals surface area contributed by atoms with E-state index in [-0.39, 0.29) is 11.7 Å². The zero-order chi connectivity index (χ0) is 13.9. The highest BCUT2D eigenvalue weighted by atomic mass is 16.2. The number of likely N-dealkylation sites (N-methyl/N-ethyl adjacent to an activating group) is 1. The van der Waals surface area contributed by atoms with Gasteiger partial charge in [0.1, 0.15) is 0 Å². The second-order valence-electron chi connectivity index (χ2n) is 6.13. The molecule has 1 aliphatic heterocycles. The Bertz CT molecular complexity index is 313. The first-order valence-electron chi connectivity index (χ1n) is 7.90. The molecule has 0 aromatic carbocycles. The van der Waals surface area contributed by atoms with E-state index in [9.17, 15) is 4.79 Å². The van der Waals surface area contributed by atoms with Crippen molar-refractivity contribution in [2.24, 2.45) is 0 Å². The SMILES string of the molecule is CCCC1NC2(CCCC2)C(=O)N1CCN(C)CC. The van der Waals surface area contributed by atoms with Gasteiger partial charge in [-0.15, -0.1) is 0 Å². The van der Waals surface area contributed by atoms with Crippen molar-refractivity contribution in [1.82, 2.24) is 15.1 Å². The maximum Gasteiger partial charge on any atom is 0.244 e. The van der Waals surface area contributed by atoms with Crippen LogP contribution in [0, 0.1) is 0 Å². The molecule has 0 bridgehead atoms. The minimum absolute atomic E-state index is 0.204. The van der Waals surface area contributed by atoms with Crippen molar-refractivity contribution in [3.8, 4) is 0 Å². The van der Waals surface area contributed by atoms with Crippen molar-refractivity contribution < 1.29 is 4.79 Å². The van der Waals surface area contributed by atoms with Gasteiger partial charge in [-0.1, -0.05) is 33.1 Å². The van der Waals surface area contributed by atoms with E-state index < -0.39 is 0 Å². The summed E-state index contributed by atoms with van der Waals surface area (Å²) in [5, 5.41) is 3.67. The molecule has 1 N–H and O–H groups in total. The number of nitrogens with one attached hydrogen (secondary N) is 1. The van der Waals surface area contributed by atoms with E-state index >= 15 is 0 Å².